The highest BCUT2D eigenvalue weighted by Crippen LogP contribution is 2.18. The van der Waals surface area contributed by atoms with Crippen LogP contribution in [0.15, 0.2) is 29.8 Å². The van der Waals surface area contributed by atoms with E-state index >= 15 is 0 Å². The Balaban J connectivity index is 1.94. The fraction of sp³-hybridized carbons (Fsp3) is 0.250. The van der Waals surface area contributed by atoms with Crippen molar-refractivity contribution in [3.63, 3.8) is 0 Å². The maximum atomic E-state index is 10.6. The van der Waals surface area contributed by atoms with Crippen LogP contribution in [0.3, 0.4) is 0 Å². The van der Waals surface area contributed by atoms with Crippen molar-refractivity contribution in [3.05, 3.63) is 50.3 Å². The third-order valence-electron chi connectivity index (χ3n) is 2.54. The lowest BCUT2D eigenvalue weighted by atomic mass is 10.2. The summed E-state index contributed by atoms with van der Waals surface area (Å²) in [4.78, 5) is 15.6. The SMILES string of the molecule is Cc1cc(NCCc2cccs2)ncc1[N+](=O)[O-]. The van der Waals surface area contributed by atoms with E-state index in [0.29, 0.717) is 11.4 Å². The Morgan fingerprint density at radius 2 is 2.39 bits per heavy atom. The standard InChI is InChI=1S/C12H13N3O2S/c1-9-7-12(14-8-11(9)15(16)17)13-5-4-10-3-2-6-18-10/h2-3,6-8H,4-5H2,1H3,(H,13,14). The second kappa shape index (κ2) is 5.59. The molecule has 1 N–H and O–H groups in total. The average molecular weight is 263 g/mol. The molecule has 6 heteroatoms. The van der Waals surface area contributed by atoms with E-state index in [1.165, 1.54) is 11.1 Å². The normalized spacial score (nSPS) is 10.3. The molecular weight excluding hydrogens is 250 g/mol. The van der Waals surface area contributed by atoms with E-state index in [1.807, 2.05) is 11.4 Å². The zero-order valence-electron chi connectivity index (χ0n) is 9.92. The molecule has 2 aromatic rings. The zero-order valence-corrected chi connectivity index (χ0v) is 10.7. The van der Waals surface area contributed by atoms with Gasteiger partial charge in [0, 0.05) is 17.0 Å². The number of thiophene rings is 1. The quantitative estimate of drug-likeness (QED) is 0.665. The minimum absolute atomic E-state index is 0.0545. The van der Waals surface area contributed by atoms with Gasteiger partial charge in [-0.25, -0.2) is 4.98 Å². The number of anilines is 1. The Morgan fingerprint density at radius 3 is 3.00 bits per heavy atom. The van der Waals surface area contributed by atoms with Crippen LogP contribution in [-0.4, -0.2) is 16.5 Å². The summed E-state index contributed by atoms with van der Waals surface area (Å²) in [6.45, 7) is 2.48. The number of hydrogen-bond acceptors (Lipinski definition) is 5. The van der Waals surface area contributed by atoms with Gasteiger partial charge >= 0.3 is 0 Å². The Morgan fingerprint density at radius 1 is 1.56 bits per heavy atom. The van der Waals surface area contributed by atoms with Gasteiger partial charge in [-0.15, -0.1) is 11.3 Å². The molecule has 0 aliphatic heterocycles. The Kier molecular flexibility index (Phi) is 3.88. The molecule has 0 spiro atoms. The van der Waals surface area contributed by atoms with Gasteiger partial charge in [-0.1, -0.05) is 6.07 Å². The molecule has 94 valence electrons. The summed E-state index contributed by atoms with van der Waals surface area (Å²) in [5, 5.41) is 15.9. The third kappa shape index (κ3) is 3.04. The minimum Gasteiger partial charge on any atom is -0.370 e. The molecule has 0 aliphatic carbocycles. The van der Waals surface area contributed by atoms with Crippen molar-refractivity contribution in [3.8, 4) is 0 Å². The van der Waals surface area contributed by atoms with E-state index in [9.17, 15) is 10.1 Å². The van der Waals surface area contributed by atoms with Gasteiger partial charge in [0.2, 0.25) is 0 Å². The smallest absolute Gasteiger partial charge is 0.290 e. The molecule has 0 amide bonds. The van der Waals surface area contributed by atoms with Crippen LogP contribution in [0.1, 0.15) is 10.4 Å². The van der Waals surface area contributed by atoms with Crippen LogP contribution < -0.4 is 5.32 Å². The third-order valence-corrected chi connectivity index (χ3v) is 3.47. The van der Waals surface area contributed by atoms with E-state index in [-0.39, 0.29) is 5.69 Å². The maximum Gasteiger partial charge on any atom is 0.290 e. The van der Waals surface area contributed by atoms with Gasteiger partial charge in [0.15, 0.2) is 0 Å². The lowest BCUT2D eigenvalue weighted by Gasteiger charge is -2.05. The number of hydrogen-bond donors (Lipinski definition) is 1. The van der Waals surface area contributed by atoms with Crippen molar-refractivity contribution < 1.29 is 4.92 Å². The first-order valence-electron chi connectivity index (χ1n) is 5.54. The van der Waals surface area contributed by atoms with Gasteiger partial charge in [0.1, 0.15) is 12.0 Å². The van der Waals surface area contributed by atoms with Crippen LogP contribution in [0, 0.1) is 17.0 Å². The van der Waals surface area contributed by atoms with Crippen molar-refractivity contribution in [2.45, 2.75) is 13.3 Å². The summed E-state index contributed by atoms with van der Waals surface area (Å²) >= 11 is 1.72. The zero-order chi connectivity index (χ0) is 13.0. The topological polar surface area (TPSA) is 68.1 Å². The lowest BCUT2D eigenvalue weighted by Crippen LogP contribution is -2.06. The number of pyridine rings is 1. The molecule has 2 rings (SSSR count). The van der Waals surface area contributed by atoms with E-state index in [4.69, 9.17) is 0 Å². The van der Waals surface area contributed by atoms with E-state index in [2.05, 4.69) is 16.4 Å². The summed E-state index contributed by atoms with van der Waals surface area (Å²) in [7, 11) is 0. The Labute approximate surface area is 109 Å². The number of aryl methyl sites for hydroxylation is 1. The molecule has 5 nitrogen and oxygen atoms in total. The highest BCUT2D eigenvalue weighted by atomic mass is 32.1. The Hall–Kier alpha value is -1.95. The monoisotopic (exact) mass is 263 g/mol. The molecular formula is C12H13N3O2S. The van der Waals surface area contributed by atoms with Gasteiger partial charge in [0.25, 0.3) is 5.69 Å². The Bertz CT molecular complexity index is 540. The molecule has 0 fully saturated rings. The second-order valence-corrected chi connectivity index (χ2v) is 4.90. The molecule has 0 unspecified atom stereocenters. The van der Waals surface area contributed by atoms with Gasteiger partial charge < -0.3 is 5.32 Å². The van der Waals surface area contributed by atoms with Crippen LogP contribution in [0.4, 0.5) is 11.5 Å². The van der Waals surface area contributed by atoms with Gasteiger partial charge in [-0.3, -0.25) is 10.1 Å². The average Bonchev–Trinajstić information content (AvgIpc) is 2.81. The molecule has 0 aliphatic rings. The maximum absolute atomic E-state index is 10.6. The lowest BCUT2D eigenvalue weighted by molar-refractivity contribution is -0.385. The molecule has 2 heterocycles. The fourth-order valence-corrected chi connectivity index (χ4v) is 2.31. The molecule has 2 aromatic heterocycles. The molecule has 18 heavy (non-hydrogen) atoms. The van der Waals surface area contributed by atoms with E-state index in [1.54, 1.807) is 24.3 Å². The van der Waals surface area contributed by atoms with Crippen molar-refractivity contribution in [2.24, 2.45) is 0 Å². The van der Waals surface area contributed by atoms with E-state index in [0.717, 1.165) is 13.0 Å². The first kappa shape index (κ1) is 12.5. The number of nitrogens with one attached hydrogen (secondary N) is 1. The van der Waals surface area contributed by atoms with Gasteiger partial charge in [-0.2, -0.15) is 0 Å². The fourth-order valence-electron chi connectivity index (χ4n) is 1.61. The van der Waals surface area contributed by atoms with Gasteiger partial charge in [0.05, 0.1) is 4.92 Å². The van der Waals surface area contributed by atoms with E-state index < -0.39 is 4.92 Å². The highest BCUT2D eigenvalue weighted by molar-refractivity contribution is 7.09. The summed E-state index contributed by atoms with van der Waals surface area (Å²) in [6, 6.07) is 5.81. The first-order chi connectivity index (χ1) is 8.66. The first-order valence-corrected chi connectivity index (χ1v) is 6.42. The molecule has 0 aromatic carbocycles. The predicted molar refractivity (Wildman–Crippen MR) is 72.1 cm³/mol. The van der Waals surface area contributed by atoms with Crippen LogP contribution in [0.25, 0.3) is 0 Å². The van der Waals surface area contributed by atoms with Crippen LogP contribution in [-0.2, 0) is 6.42 Å². The number of aromatic nitrogens is 1. The van der Waals surface area contributed by atoms with Crippen molar-refractivity contribution in [2.75, 3.05) is 11.9 Å². The predicted octanol–water partition coefficient (Wildman–Crippen LogP) is 3.01. The van der Waals surface area contributed by atoms with Crippen molar-refractivity contribution in [1.29, 1.82) is 0 Å². The summed E-state index contributed by atoms with van der Waals surface area (Å²) < 4.78 is 0. The molecule has 0 radical (unpaired) electrons. The summed E-state index contributed by atoms with van der Waals surface area (Å²) in [6.07, 6.45) is 2.22. The van der Waals surface area contributed by atoms with Crippen molar-refractivity contribution in [1.82, 2.24) is 4.98 Å². The largest absolute Gasteiger partial charge is 0.370 e. The molecule has 0 bridgehead atoms. The summed E-state index contributed by atoms with van der Waals surface area (Å²) in [5.74, 6) is 0.676. The number of rotatable bonds is 5. The highest BCUT2D eigenvalue weighted by Gasteiger charge is 2.10. The molecule has 0 saturated carbocycles. The minimum atomic E-state index is -0.419. The number of nitrogens with zero attached hydrogens (tertiary/aromatic N) is 2. The second-order valence-electron chi connectivity index (χ2n) is 3.87. The van der Waals surface area contributed by atoms with Crippen LogP contribution >= 0.6 is 11.3 Å². The summed E-state index contributed by atoms with van der Waals surface area (Å²) in [5.41, 5.74) is 0.674. The molecule has 0 saturated heterocycles. The number of nitro groups is 1. The van der Waals surface area contributed by atoms with Crippen molar-refractivity contribution >= 4 is 22.8 Å². The molecule has 0 atom stereocenters. The van der Waals surface area contributed by atoms with Crippen LogP contribution in [0.2, 0.25) is 0 Å². The van der Waals surface area contributed by atoms with Crippen LogP contribution in [0.5, 0.6) is 0 Å². The van der Waals surface area contributed by atoms with Gasteiger partial charge in [-0.05, 0) is 30.9 Å².